The standard InChI is InChI=1S/C13H20N2O/c1-10(2)3-8-13(16)15-12-6-4-11(9-14)5-7-12/h4-7,10H,3,8-9,14H2,1-2H3,(H,15,16). The second kappa shape index (κ2) is 6.28. The SMILES string of the molecule is CC(C)CCC(=O)Nc1ccc(CN)cc1. The molecule has 0 atom stereocenters. The van der Waals surface area contributed by atoms with Gasteiger partial charge in [-0.3, -0.25) is 4.79 Å². The summed E-state index contributed by atoms with van der Waals surface area (Å²) in [5, 5.41) is 2.87. The molecular weight excluding hydrogens is 200 g/mol. The lowest BCUT2D eigenvalue weighted by Crippen LogP contribution is -2.12. The average molecular weight is 220 g/mol. The van der Waals surface area contributed by atoms with E-state index in [9.17, 15) is 4.79 Å². The quantitative estimate of drug-likeness (QED) is 0.801. The van der Waals surface area contributed by atoms with E-state index in [4.69, 9.17) is 5.73 Å². The van der Waals surface area contributed by atoms with Crippen LogP contribution in [-0.4, -0.2) is 5.91 Å². The van der Waals surface area contributed by atoms with E-state index in [2.05, 4.69) is 19.2 Å². The average Bonchev–Trinajstić information content (AvgIpc) is 2.27. The van der Waals surface area contributed by atoms with Gasteiger partial charge in [0, 0.05) is 18.7 Å². The Labute approximate surface area is 97.0 Å². The number of anilines is 1. The zero-order valence-corrected chi connectivity index (χ0v) is 9.99. The van der Waals surface area contributed by atoms with Crippen molar-refractivity contribution in [3.05, 3.63) is 29.8 Å². The monoisotopic (exact) mass is 220 g/mol. The largest absolute Gasteiger partial charge is 0.326 e. The fourth-order valence-electron chi connectivity index (χ4n) is 1.37. The summed E-state index contributed by atoms with van der Waals surface area (Å²) in [5.41, 5.74) is 7.40. The molecule has 88 valence electrons. The number of benzene rings is 1. The predicted molar refractivity (Wildman–Crippen MR) is 67.0 cm³/mol. The second-order valence-corrected chi connectivity index (χ2v) is 4.38. The molecule has 0 aliphatic rings. The van der Waals surface area contributed by atoms with Crippen LogP contribution in [0, 0.1) is 5.92 Å². The molecule has 3 heteroatoms. The fraction of sp³-hybridized carbons (Fsp3) is 0.462. The maximum atomic E-state index is 11.5. The Balaban J connectivity index is 2.43. The first-order valence-electron chi connectivity index (χ1n) is 5.70. The molecule has 3 N–H and O–H groups in total. The molecule has 1 aromatic carbocycles. The van der Waals surface area contributed by atoms with Crippen LogP contribution in [0.4, 0.5) is 5.69 Å². The van der Waals surface area contributed by atoms with Crippen LogP contribution in [0.25, 0.3) is 0 Å². The van der Waals surface area contributed by atoms with Crippen molar-refractivity contribution >= 4 is 11.6 Å². The normalized spacial score (nSPS) is 10.5. The van der Waals surface area contributed by atoms with Gasteiger partial charge in [-0.15, -0.1) is 0 Å². The minimum absolute atomic E-state index is 0.0780. The molecular formula is C13H20N2O. The van der Waals surface area contributed by atoms with Gasteiger partial charge in [0.05, 0.1) is 0 Å². The minimum Gasteiger partial charge on any atom is -0.326 e. The van der Waals surface area contributed by atoms with Gasteiger partial charge in [0.1, 0.15) is 0 Å². The summed E-state index contributed by atoms with van der Waals surface area (Å²) in [6.45, 7) is 4.76. The molecule has 0 bridgehead atoms. The maximum absolute atomic E-state index is 11.5. The van der Waals surface area contributed by atoms with Crippen LogP contribution in [0.3, 0.4) is 0 Å². The van der Waals surface area contributed by atoms with E-state index < -0.39 is 0 Å². The molecule has 0 unspecified atom stereocenters. The summed E-state index contributed by atoms with van der Waals surface area (Å²) in [6, 6.07) is 7.63. The molecule has 0 heterocycles. The van der Waals surface area contributed by atoms with Crippen molar-refractivity contribution in [3.8, 4) is 0 Å². The van der Waals surface area contributed by atoms with Crippen molar-refractivity contribution in [1.29, 1.82) is 0 Å². The number of hydrogen-bond acceptors (Lipinski definition) is 2. The van der Waals surface area contributed by atoms with Gasteiger partial charge in [-0.05, 0) is 30.0 Å². The molecule has 3 nitrogen and oxygen atoms in total. The van der Waals surface area contributed by atoms with Crippen LogP contribution in [0.1, 0.15) is 32.3 Å². The summed E-state index contributed by atoms with van der Waals surface area (Å²) in [5.74, 6) is 0.638. The van der Waals surface area contributed by atoms with Gasteiger partial charge in [-0.25, -0.2) is 0 Å². The first kappa shape index (κ1) is 12.7. The number of carbonyl (C=O) groups excluding carboxylic acids is 1. The van der Waals surface area contributed by atoms with Gasteiger partial charge < -0.3 is 11.1 Å². The summed E-state index contributed by atoms with van der Waals surface area (Å²) in [7, 11) is 0. The van der Waals surface area contributed by atoms with Crippen LogP contribution < -0.4 is 11.1 Å². The first-order valence-corrected chi connectivity index (χ1v) is 5.70. The third kappa shape index (κ3) is 4.45. The smallest absolute Gasteiger partial charge is 0.224 e. The Kier molecular flexibility index (Phi) is 4.99. The van der Waals surface area contributed by atoms with Crippen LogP contribution >= 0.6 is 0 Å². The van der Waals surface area contributed by atoms with Gasteiger partial charge in [-0.1, -0.05) is 26.0 Å². The highest BCUT2D eigenvalue weighted by atomic mass is 16.1. The number of rotatable bonds is 5. The number of nitrogens with one attached hydrogen (secondary N) is 1. The third-order valence-corrected chi connectivity index (χ3v) is 2.42. The molecule has 0 fully saturated rings. The Hall–Kier alpha value is -1.35. The third-order valence-electron chi connectivity index (χ3n) is 2.42. The highest BCUT2D eigenvalue weighted by Crippen LogP contribution is 2.11. The minimum atomic E-state index is 0.0780. The molecule has 1 amide bonds. The lowest BCUT2D eigenvalue weighted by Gasteiger charge is -2.07. The number of nitrogens with two attached hydrogens (primary N) is 1. The fourth-order valence-corrected chi connectivity index (χ4v) is 1.37. The van der Waals surface area contributed by atoms with Crippen molar-refractivity contribution in [2.45, 2.75) is 33.2 Å². The molecule has 1 aromatic rings. The maximum Gasteiger partial charge on any atom is 0.224 e. The molecule has 16 heavy (non-hydrogen) atoms. The van der Waals surface area contributed by atoms with E-state index in [0.29, 0.717) is 18.9 Å². The molecule has 0 saturated heterocycles. The molecule has 0 aliphatic carbocycles. The van der Waals surface area contributed by atoms with Crippen molar-refractivity contribution in [3.63, 3.8) is 0 Å². The zero-order valence-electron chi connectivity index (χ0n) is 9.99. The molecule has 0 aliphatic heterocycles. The van der Waals surface area contributed by atoms with Crippen molar-refractivity contribution in [2.75, 3.05) is 5.32 Å². The molecule has 0 radical (unpaired) electrons. The van der Waals surface area contributed by atoms with Gasteiger partial charge in [0.25, 0.3) is 0 Å². The summed E-state index contributed by atoms with van der Waals surface area (Å²) in [4.78, 5) is 11.5. The summed E-state index contributed by atoms with van der Waals surface area (Å²) in [6.07, 6.45) is 1.50. The Bertz CT molecular complexity index is 330. The van der Waals surface area contributed by atoms with Crippen molar-refractivity contribution in [2.24, 2.45) is 11.7 Å². The van der Waals surface area contributed by atoms with Gasteiger partial charge >= 0.3 is 0 Å². The highest BCUT2D eigenvalue weighted by Gasteiger charge is 2.03. The van der Waals surface area contributed by atoms with E-state index in [0.717, 1.165) is 17.7 Å². The molecule has 0 saturated carbocycles. The molecule has 1 rings (SSSR count). The van der Waals surface area contributed by atoms with Crippen molar-refractivity contribution < 1.29 is 4.79 Å². The van der Waals surface area contributed by atoms with Gasteiger partial charge in [-0.2, -0.15) is 0 Å². The Morgan fingerprint density at radius 1 is 1.31 bits per heavy atom. The number of amides is 1. The number of hydrogen-bond donors (Lipinski definition) is 2. The van der Waals surface area contributed by atoms with Gasteiger partial charge in [0.15, 0.2) is 0 Å². The molecule has 0 spiro atoms. The van der Waals surface area contributed by atoms with E-state index in [1.54, 1.807) is 0 Å². The van der Waals surface area contributed by atoms with Crippen molar-refractivity contribution in [1.82, 2.24) is 0 Å². The van der Waals surface area contributed by atoms with Gasteiger partial charge in [0.2, 0.25) is 5.91 Å². The topological polar surface area (TPSA) is 55.1 Å². The zero-order chi connectivity index (χ0) is 12.0. The Morgan fingerprint density at radius 3 is 2.44 bits per heavy atom. The lowest BCUT2D eigenvalue weighted by molar-refractivity contribution is -0.116. The summed E-state index contributed by atoms with van der Waals surface area (Å²) >= 11 is 0. The summed E-state index contributed by atoms with van der Waals surface area (Å²) < 4.78 is 0. The van der Waals surface area contributed by atoms with Crippen LogP contribution in [0.5, 0.6) is 0 Å². The Morgan fingerprint density at radius 2 is 1.94 bits per heavy atom. The van der Waals surface area contributed by atoms with E-state index in [1.165, 1.54) is 0 Å². The van der Waals surface area contributed by atoms with Crippen LogP contribution in [0.2, 0.25) is 0 Å². The van der Waals surface area contributed by atoms with E-state index in [1.807, 2.05) is 24.3 Å². The van der Waals surface area contributed by atoms with E-state index >= 15 is 0 Å². The number of carbonyl (C=O) groups is 1. The lowest BCUT2D eigenvalue weighted by atomic mass is 10.1. The highest BCUT2D eigenvalue weighted by molar-refractivity contribution is 5.90. The first-order chi connectivity index (χ1) is 7.61. The van der Waals surface area contributed by atoms with E-state index in [-0.39, 0.29) is 5.91 Å². The molecule has 0 aromatic heterocycles. The van der Waals surface area contributed by atoms with Crippen LogP contribution in [0.15, 0.2) is 24.3 Å². The van der Waals surface area contributed by atoms with Crippen LogP contribution in [-0.2, 0) is 11.3 Å². The predicted octanol–water partition coefficient (Wildman–Crippen LogP) is 2.52. The second-order valence-electron chi connectivity index (χ2n) is 4.38.